The smallest absolute Gasteiger partial charge is 0.392 e. The lowest BCUT2D eigenvalue weighted by atomic mass is 10.2. The molecule has 0 aliphatic carbocycles. The van der Waals surface area contributed by atoms with E-state index >= 15 is 0 Å². The number of hydrogen-bond donors (Lipinski definition) is 5. The molecule has 3 atom stereocenters. The van der Waals surface area contributed by atoms with Gasteiger partial charge in [-0.15, -0.1) is 0 Å². The molecule has 0 amide bonds. The van der Waals surface area contributed by atoms with Gasteiger partial charge >= 0.3 is 13.5 Å². The van der Waals surface area contributed by atoms with Crippen LogP contribution in [0, 0.1) is 0 Å². The second kappa shape index (κ2) is 7.53. The van der Waals surface area contributed by atoms with Gasteiger partial charge in [-0.2, -0.15) is 0 Å². The largest absolute Gasteiger partial charge is 0.469 e. The molecule has 2 rings (SSSR count). The molecule has 2 heterocycles. The van der Waals surface area contributed by atoms with E-state index in [-0.39, 0.29) is 18.6 Å². The van der Waals surface area contributed by atoms with Crippen molar-refractivity contribution < 1.29 is 33.8 Å². The summed E-state index contributed by atoms with van der Waals surface area (Å²) in [6.45, 7) is -0.851. The molecular weight excluding hydrogens is 347 g/mol. The van der Waals surface area contributed by atoms with Crippen LogP contribution in [0.25, 0.3) is 6.08 Å². The topological polar surface area (TPSA) is 171 Å². The van der Waals surface area contributed by atoms with Crippen LogP contribution in [0.2, 0.25) is 0 Å². The fraction of sp³-hybridized carbons (Fsp3) is 0.500. The van der Waals surface area contributed by atoms with Crippen LogP contribution in [0.5, 0.6) is 0 Å². The molecule has 1 aliphatic rings. The maximum absolute atomic E-state index is 11.9. The number of phosphoric ester groups is 1. The Labute approximate surface area is 135 Å². The molecule has 0 spiro atoms. The van der Waals surface area contributed by atoms with Gasteiger partial charge in [0.2, 0.25) is 0 Å². The molecule has 1 aliphatic heterocycles. The first kappa shape index (κ1) is 18.7. The average Bonchev–Trinajstić information content (AvgIpc) is 2.84. The van der Waals surface area contributed by atoms with Crippen molar-refractivity contribution in [2.24, 2.45) is 0 Å². The average molecular weight is 364 g/mol. The van der Waals surface area contributed by atoms with Gasteiger partial charge in [0, 0.05) is 12.6 Å². The number of phosphoric acid groups is 1. The van der Waals surface area contributed by atoms with E-state index in [1.54, 1.807) is 0 Å². The summed E-state index contributed by atoms with van der Waals surface area (Å²) in [5.41, 5.74) is -1.33. The summed E-state index contributed by atoms with van der Waals surface area (Å²) in [7, 11) is -4.71. The van der Waals surface area contributed by atoms with Gasteiger partial charge in [-0.1, -0.05) is 6.08 Å². The molecule has 1 aromatic heterocycles. The molecule has 1 fully saturated rings. The molecule has 1 saturated heterocycles. The number of aromatic nitrogens is 2. The number of nitrogens with one attached hydrogen (secondary N) is 1. The Morgan fingerprint density at radius 2 is 2.17 bits per heavy atom. The zero-order chi connectivity index (χ0) is 17.9. The van der Waals surface area contributed by atoms with Gasteiger partial charge in [-0.3, -0.25) is 18.9 Å². The zero-order valence-corrected chi connectivity index (χ0v) is 13.2. The van der Waals surface area contributed by atoms with Crippen LogP contribution in [0.4, 0.5) is 0 Å². The van der Waals surface area contributed by atoms with E-state index in [2.05, 4.69) is 9.51 Å². The molecule has 0 bridgehead atoms. The fourth-order valence-electron chi connectivity index (χ4n) is 2.22. The van der Waals surface area contributed by atoms with E-state index in [4.69, 9.17) is 19.6 Å². The van der Waals surface area contributed by atoms with Gasteiger partial charge in [0.1, 0.15) is 12.3 Å². The number of rotatable bonds is 6. The molecule has 5 N–H and O–H groups in total. The maximum Gasteiger partial charge on any atom is 0.469 e. The molecule has 3 unspecified atom stereocenters. The van der Waals surface area contributed by atoms with Crippen molar-refractivity contribution >= 4 is 13.9 Å². The first-order valence-electron chi connectivity index (χ1n) is 6.87. The molecule has 1 aromatic rings. The summed E-state index contributed by atoms with van der Waals surface area (Å²) in [5, 5.41) is 18.6. The van der Waals surface area contributed by atoms with Crippen LogP contribution in [-0.4, -0.2) is 55.0 Å². The Balaban J connectivity index is 2.20. The molecule has 24 heavy (non-hydrogen) atoms. The van der Waals surface area contributed by atoms with Gasteiger partial charge in [-0.25, -0.2) is 9.36 Å². The lowest BCUT2D eigenvalue weighted by Crippen LogP contribution is -2.33. The van der Waals surface area contributed by atoms with E-state index in [0.29, 0.717) is 0 Å². The van der Waals surface area contributed by atoms with Gasteiger partial charge in [0.25, 0.3) is 5.56 Å². The second-order valence-corrected chi connectivity index (χ2v) is 6.29. The van der Waals surface area contributed by atoms with Gasteiger partial charge < -0.3 is 24.7 Å². The van der Waals surface area contributed by atoms with Crippen LogP contribution in [0.15, 0.2) is 21.9 Å². The molecule has 0 radical (unpaired) electrons. The van der Waals surface area contributed by atoms with Crippen molar-refractivity contribution in [3.63, 3.8) is 0 Å². The first-order valence-corrected chi connectivity index (χ1v) is 8.41. The van der Waals surface area contributed by atoms with E-state index in [1.807, 2.05) is 0 Å². The summed E-state index contributed by atoms with van der Waals surface area (Å²) in [6.07, 6.45) is 0.682. The van der Waals surface area contributed by atoms with Crippen LogP contribution in [-0.2, 0) is 13.8 Å². The summed E-state index contributed by atoms with van der Waals surface area (Å²) in [4.78, 5) is 43.0. The van der Waals surface area contributed by atoms with Crippen LogP contribution in [0.1, 0.15) is 18.2 Å². The molecule has 11 nitrogen and oxygen atoms in total. The highest BCUT2D eigenvalue weighted by molar-refractivity contribution is 7.46. The number of aromatic amines is 1. The van der Waals surface area contributed by atoms with Crippen LogP contribution in [0.3, 0.4) is 0 Å². The quantitative estimate of drug-likeness (QED) is 0.369. The minimum atomic E-state index is -4.71. The SMILES string of the molecule is O=c1[nH]c(=O)n(C2CC(O)C(COP(=O)(O)O)O2)cc1/C=C/CO. The highest BCUT2D eigenvalue weighted by Gasteiger charge is 2.37. The normalized spacial score (nSPS) is 24.8. The summed E-state index contributed by atoms with van der Waals surface area (Å²) >= 11 is 0. The van der Waals surface area contributed by atoms with E-state index < -0.39 is 44.1 Å². The van der Waals surface area contributed by atoms with Crippen molar-refractivity contribution in [3.8, 4) is 0 Å². The second-order valence-electron chi connectivity index (χ2n) is 5.05. The fourth-order valence-corrected chi connectivity index (χ4v) is 2.56. The standard InChI is InChI=1S/C12H17N2O9P/c15-3-1-2-7-5-14(12(18)13-11(7)17)10-4-8(16)9(23-10)6-22-24(19,20)21/h1-2,5,8-10,15-16H,3-4,6H2,(H,13,17,18)(H2,19,20,21)/b2-1+. The van der Waals surface area contributed by atoms with Crippen molar-refractivity contribution in [1.29, 1.82) is 0 Å². The third-order valence-corrected chi connectivity index (χ3v) is 3.80. The van der Waals surface area contributed by atoms with Gasteiger partial charge in [-0.05, 0) is 6.08 Å². The van der Waals surface area contributed by atoms with Crippen molar-refractivity contribution in [2.75, 3.05) is 13.2 Å². The third-order valence-electron chi connectivity index (χ3n) is 3.32. The monoisotopic (exact) mass is 364 g/mol. The Bertz CT molecular complexity index is 765. The Kier molecular flexibility index (Phi) is 5.88. The van der Waals surface area contributed by atoms with E-state index in [9.17, 15) is 19.3 Å². The van der Waals surface area contributed by atoms with Crippen molar-refractivity contribution in [1.82, 2.24) is 9.55 Å². The minimum Gasteiger partial charge on any atom is -0.392 e. The lowest BCUT2D eigenvalue weighted by molar-refractivity contribution is -0.0451. The summed E-state index contributed by atoms with van der Waals surface area (Å²) < 4.78 is 21.4. The van der Waals surface area contributed by atoms with Crippen molar-refractivity contribution in [3.05, 3.63) is 38.7 Å². The number of aliphatic hydroxyl groups is 2. The van der Waals surface area contributed by atoms with E-state index in [1.165, 1.54) is 18.3 Å². The zero-order valence-electron chi connectivity index (χ0n) is 12.3. The summed E-state index contributed by atoms with van der Waals surface area (Å²) in [5.74, 6) is 0. The van der Waals surface area contributed by atoms with Crippen molar-refractivity contribution in [2.45, 2.75) is 24.9 Å². The predicted molar refractivity (Wildman–Crippen MR) is 80.0 cm³/mol. The number of H-pyrrole nitrogens is 1. The first-order chi connectivity index (χ1) is 11.2. The molecule has 0 saturated carbocycles. The maximum atomic E-state index is 11.9. The Hall–Kier alpha value is -1.59. The lowest BCUT2D eigenvalue weighted by Gasteiger charge is -2.16. The van der Waals surface area contributed by atoms with Gasteiger partial charge in [0.15, 0.2) is 0 Å². The number of nitrogens with zero attached hydrogens (tertiary/aromatic N) is 1. The highest BCUT2D eigenvalue weighted by Crippen LogP contribution is 2.38. The molecule has 134 valence electrons. The predicted octanol–water partition coefficient (Wildman–Crippen LogP) is -1.70. The minimum absolute atomic E-state index is 0.0374. The molecule has 12 heteroatoms. The number of ether oxygens (including phenoxy) is 1. The van der Waals surface area contributed by atoms with Crippen LogP contribution >= 0.6 is 7.82 Å². The summed E-state index contributed by atoms with van der Waals surface area (Å²) in [6, 6.07) is 0. The Morgan fingerprint density at radius 3 is 2.79 bits per heavy atom. The number of hydrogen-bond acceptors (Lipinski definition) is 7. The van der Waals surface area contributed by atoms with E-state index in [0.717, 1.165) is 4.57 Å². The van der Waals surface area contributed by atoms with Gasteiger partial charge in [0.05, 0.1) is 24.9 Å². The third kappa shape index (κ3) is 4.71. The molecular formula is C12H17N2O9P. The Morgan fingerprint density at radius 1 is 1.46 bits per heavy atom. The number of aliphatic hydroxyl groups excluding tert-OH is 2. The highest BCUT2D eigenvalue weighted by atomic mass is 31.2. The molecule has 0 aromatic carbocycles. The van der Waals surface area contributed by atoms with Crippen LogP contribution < -0.4 is 11.2 Å².